The highest BCUT2D eigenvalue weighted by molar-refractivity contribution is 6.18. The summed E-state index contributed by atoms with van der Waals surface area (Å²) < 4.78 is 0. The summed E-state index contributed by atoms with van der Waals surface area (Å²) in [5.41, 5.74) is 0.0410. The van der Waals surface area contributed by atoms with Crippen molar-refractivity contribution in [2.45, 2.75) is 0 Å². The molecule has 4 nitrogen and oxygen atoms in total. The highest BCUT2D eigenvalue weighted by Gasteiger charge is 2.10. The predicted octanol–water partition coefficient (Wildman–Crippen LogP) is 1.62. The molecule has 5 heteroatoms. The molecular weight excluding hydrogens is 230 g/mol. The minimum atomic E-state index is -0.451. The third-order valence-electron chi connectivity index (χ3n) is 1.86. The molecule has 0 atom stereocenters. The molecule has 0 fully saturated rings. The first-order chi connectivity index (χ1) is 7.65. The normalized spacial score (nSPS) is 10.6. The molecule has 0 aliphatic rings. The number of rotatable bonds is 4. The quantitative estimate of drug-likeness (QED) is 0.426. The molecule has 1 amide bonds. The molecule has 0 unspecified atom stereocenters. The molecule has 86 valence electrons. The van der Waals surface area contributed by atoms with E-state index in [2.05, 4.69) is 5.32 Å². The number of hydrogen-bond donors (Lipinski definition) is 3. The van der Waals surface area contributed by atoms with Gasteiger partial charge in [-0.05, 0) is 18.2 Å². The summed E-state index contributed by atoms with van der Waals surface area (Å²) in [5.74, 6) is -0.309. The van der Waals surface area contributed by atoms with Crippen LogP contribution in [0.5, 0.6) is 11.5 Å². The second-order valence-electron chi connectivity index (χ2n) is 3.04. The molecular formula is C11H12ClNO3. The smallest absolute Gasteiger partial charge is 0.255 e. The molecule has 0 heterocycles. The lowest BCUT2D eigenvalue weighted by Crippen LogP contribution is -2.23. The fourth-order valence-corrected chi connectivity index (χ4v) is 1.23. The molecule has 1 aromatic rings. The molecule has 0 aliphatic heterocycles. The molecule has 0 saturated carbocycles. The maximum Gasteiger partial charge on any atom is 0.255 e. The Hall–Kier alpha value is -1.68. The van der Waals surface area contributed by atoms with Crippen molar-refractivity contribution >= 4 is 17.5 Å². The van der Waals surface area contributed by atoms with Gasteiger partial charge in [-0.3, -0.25) is 4.79 Å². The zero-order valence-corrected chi connectivity index (χ0v) is 9.24. The Bertz CT molecular complexity index is 404. The van der Waals surface area contributed by atoms with E-state index < -0.39 is 5.91 Å². The monoisotopic (exact) mass is 241 g/mol. The van der Waals surface area contributed by atoms with Gasteiger partial charge in [0.25, 0.3) is 5.91 Å². The third-order valence-corrected chi connectivity index (χ3v) is 2.04. The van der Waals surface area contributed by atoms with Crippen molar-refractivity contribution in [2.24, 2.45) is 0 Å². The SMILES string of the molecule is O=C(NC/C=C/CCl)c1cc(O)ccc1O. The van der Waals surface area contributed by atoms with Gasteiger partial charge in [-0.25, -0.2) is 0 Å². The van der Waals surface area contributed by atoms with Crippen molar-refractivity contribution in [3.8, 4) is 11.5 Å². The number of carbonyl (C=O) groups is 1. The Morgan fingerprint density at radius 3 is 2.81 bits per heavy atom. The molecule has 0 aliphatic carbocycles. The second kappa shape index (κ2) is 6.02. The molecule has 1 rings (SSSR count). The van der Waals surface area contributed by atoms with E-state index in [1.54, 1.807) is 12.2 Å². The van der Waals surface area contributed by atoms with Crippen molar-refractivity contribution < 1.29 is 15.0 Å². The predicted molar refractivity (Wildman–Crippen MR) is 62.0 cm³/mol. The molecule has 0 radical (unpaired) electrons. The van der Waals surface area contributed by atoms with Crippen molar-refractivity contribution in [1.82, 2.24) is 5.32 Å². The van der Waals surface area contributed by atoms with E-state index >= 15 is 0 Å². The van der Waals surface area contributed by atoms with E-state index in [1.165, 1.54) is 18.2 Å². The van der Waals surface area contributed by atoms with Gasteiger partial charge in [-0.1, -0.05) is 12.2 Å². The van der Waals surface area contributed by atoms with Crippen LogP contribution in [0.4, 0.5) is 0 Å². The van der Waals surface area contributed by atoms with E-state index in [1.807, 2.05) is 0 Å². The highest BCUT2D eigenvalue weighted by Crippen LogP contribution is 2.21. The van der Waals surface area contributed by atoms with Gasteiger partial charge >= 0.3 is 0 Å². The Morgan fingerprint density at radius 1 is 1.38 bits per heavy atom. The highest BCUT2D eigenvalue weighted by atomic mass is 35.5. The van der Waals surface area contributed by atoms with Crippen molar-refractivity contribution in [1.29, 1.82) is 0 Å². The number of phenols is 2. The second-order valence-corrected chi connectivity index (χ2v) is 3.35. The maximum absolute atomic E-state index is 11.5. The Morgan fingerprint density at radius 2 is 2.12 bits per heavy atom. The number of phenolic OH excluding ortho intramolecular Hbond substituents is 2. The zero-order chi connectivity index (χ0) is 12.0. The van der Waals surface area contributed by atoms with Crippen LogP contribution in [-0.4, -0.2) is 28.5 Å². The summed E-state index contributed by atoms with van der Waals surface area (Å²) >= 11 is 5.41. The third kappa shape index (κ3) is 3.47. The number of halogens is 1. The molecule has 1 aromatic carbocycles. The molecule has 0 saturated heterocycles. The summed E-state index contributed by atoms with van der Waals surface area (Å²) in [5, 5.41) is 21.1. The van der Waals surface area contributed by atoms with Crippen LogP contribution in [0.3, 0.4) is 0 Å². The first-order valence-corrected chi connectivity index (χ1v) is 5.19. The van der Waals surface area contributed by atoms with E-state index in [-0.39, 0.29) is 17.1 Å². The number of amides is 1. The number of hydrogen-bond acceptors (Lipinski definition) is 3. The fraction of sp³-hybridized carbons (Fsp3) is 0.182. The fourth-order valence-electron chi connectivity index (χ4n) is 1.10. The lowest BCUT2D eigenvalue weighted by molar-refractivity contribution is 0.0955. The Labute approximate surface area is 98.2 Å². The lowest BCUT2D eigenvalue weighted by atomic mass is 10.2. The number of alkyl halides is 1. The van der Waals surface area contributed by atoms with Crippen LogP contribution in [0, 0.1) is 0 Å². The van der Waals surface area contributed by atoms with Crippen LogP contribution in [0.25, 0.3) is 0 Å². The van der Waals surface area contributed by atoms with Crippen LogP contribution < -0.4 is 5.32 Å². The van der Waals surface area contributed by atoms with Gasteiger partial charge in [-0.15, -0.1) is 11.6 Å². The van der Waals surface area contributed by atoms with Gasteiger partial charge in [0.2, 0.25) is 0 Å². The zero-order valence-electron chi connectivity index (χ0n) is 8.48. The maximum atomic E-state index is 11.5. The first-order valence-electron chi connectivity index (χ1n) is 4.66. The summed E-state index contributed by atoms with van der Waals surface area (Å²) in [4.78, 5) is 11.5. The van der Waals surface area contributed by atoms with Crippen LogP contribution in [0.1, 0.15) is 10.4 Å². The number of carbonyl (C=O) groups excluding carboxylic acids is 1. The van der Waals surface area contributed by atoms with Crippen molar-refractivity contribution in [2.75, 3.05) is 12.4 Å². The van der Waals surface area contributed by atoms with Gasteiger partial charge in [0.15, 0.2) is 0 Å². The van der Waals surface area contributed by atoms with Gasteiger partial charge < -0.3 is 15.5 Å². The van der Waals surface area contributed by atoms with Crippen LogP contribution in [0.2, 0.25) is 0 Å². The molecule has 0 bridgehead atoms. The molecule has 3 N–H and O–H groups in total. The van der Waals surface area contributed by atoms with Crippen LogP contribution in [0.15, 0.2) is 30.4 Å². The van der Waals surface area contributed by atoms with E-state index in [4.69, 9.17) is 11.6 Å². The first kappa shape index (κ1) is 12.4. The number of allylic oxidation sites excluding steroid dienone is 1. The van der Waals surface area contributed by atoms with E-state index in [9.17, 15) is 15.0 Å². The van der Waals surface area contributed by atoms with Crippen LogP contribution in [-0.2, 0) is 0 Å². The van der Waals surface area contributed by atoms with Gasteiger partial charge in [-0.2, -0.15) is 0 Å². The summed E-state index contributed by atoms with van der Waals surface area (Å²) in [6, 6.07) is 3.77. The van der Waals surface area contributed by atoms with Crippen LogP contribution >= 0.6 is 11.6 Å². The number of benzene rings is 1. The standard InChI is InChI=1S/C11H12ClNO3/c12-5-1-2-6-13-11(16)9-7-8(14)3-4-10(9)15/h1-4,7,14-15H,5-6H2,(H,13,16)/b2-1+. The average molecular weight is 242 g/mol. The Balaban J connectivity index is 2.65. The lowest BCUT2D eigenvalue weighted by Gasteiger charge is -2.05. The molecule has 0 spiro atoms. The summed E-state index contributed by atoms with van der Waals surface area (Å²) in [6.07, 6.45) is 3.40. The van der Waals surface area contributed by atoms with Gasteiger partial charge in [0.1, 0.15) is 11.5 Å². The molecule has 16 heavy (non-hydrogen) atoms. The minimum absolute atomic E-state index is 0.0410. The Kier molecular flexibility index (Phi) is 4.66. The largest absolute Gasteiger partial charge is 0.508 e. The summed E-state index contributed by atoms with van der Waals surface area (Å²) in [6.45, 7) is 0.320. The number of nitrogens with one attached hydrogen (secondary N) is 1. The minimum Gasteiger partial charge on any atom is -0.508 e. The topological polar surface area (TPSA) is 69.6 Å². The number of aromatic hydroxyl groups is 2. The average Bonchev–Trinajstić information content (AvgIpc) is 2.27. The van der Waals surface area contributed by atoms with E-state index in [0.717, 1.165) is 0 Å². The molecule has 0 aromatic heterocycles. The van der Waals surface area contributed by atoms with Gasteiger partial charge in [0.05, 0.1) is 5.56 Å². The van der Waals surface area contributed by atoms with Crippen molar-refractivity contribution in [3.63, 3.8) is 0 Å². The van der Waals surface area contributed by atoms with Crippen molar-refractivity contribution in [3.05, 3.63) is 35.9 Å². The van der Waals surface area contributed by atoms with E-state index in [0.29, 0.717) is 12.4 Å². The summed E-state index contributed by atoms with van der Waals surface area (Å²) in [7, 11) is 0. The van der Waals surface area contributed by atoms with Gasteiger partial charge in [0, 0.05) is 12.4 Å².